The van der Waals surface area contributed by atoms with Crippen LogP contribution in [0.25, 0.3) is 0 Å². The molecule has 1 heterocycles. The highest BCUT2D eigenvalue weighted by Gasteiger charge is 2.45. The van der Waals surface area contributed by atoms with Crippen LogP contribution in [0.5, 0.6) is 0 Å². The standard InChI is InChI=1S/C24H29N3O3S/c1-27-17-7-3-6-14-22(27)26-31(29,30)21-13-8-12-20(18-21)25-23(28)24(15-9-16-24)19-10-4-2-5-11-19/h2,4-5,8,10-13,18H,3,6-7,9,14-17H2,1H3,(H,25,28)/b26-22+. The summed E-state index contributed by atoms with van der Waals surface area (Å²) >= 11 is 0. The van der Waals surface area contributed by atoms with Gasteiger partial charge < -0.3 is 10.2 Å². The molecule has 0 radical (unpaired) electrons. The van der Waals surface area contributed by atoms with Gasteiger partial charge in [-0.3, -0.25) is 4.79 Å². The van der Waals surface area contributed by atoms with Gasteiger partial charge >= 0.3 is 0 Å². The monoisotopic (exact) mass is 439 g/mol. The Morgan fingerprint density at radius 3 is 2.48 bits per heavy atom. The molecule has 164 valence electrons. The molecule has 1 saturated carbocycles. The molecule has 2 fully saturated rings. The SMILES string of the molecule is CN1CCCCC/C1=N\S(=O)(=O)c1cccc(NC(=O)C2(c3ccccc3)CCC2)c1. The lowest BCUT2D eigenvalue weighted by atomic mass is 9.64. The normalized spacial score (nSPS) is 20.0. The molecule has 1 saturated heterocycles. The first kappa shape index (κ1) is 21.6. The predicted molar refractivity (Wildman–Crippen MR) is 123 cm³/mol. The molecule has 1 aliphatic carbocycles. The fourth-order valence-corrected chi connectivity index (χ4v) is 5.49. The van der Waals surface area contributed by atoms with E-state index in [1.165, 1.54) is 12.1 Å². The maximum Gasteiger partial charge on any atom is 0.284 e. The third-order valence-corrected chi connectivity index (χ3v) is 7.72. The fraction of sp³-hybridized carbons (Fsp3) is 0.417. The van der Waals surface area contributed by atoms with Gasteiger partial charge in [0.2, 0.25) is 5.91 Å². The van der Waals surface area contributed by atoms with Crippen molar-refractivity contribution in [2.45, 2.75) is 55.3 Å². The number of amidine groups is 1. The molecule has 0 spiro atoms. The number of hydrogen-bond acceptors (Lipinski definition) is 3. The van der Waals surface area contributed by atoms with E-state index in [1.807, 2.05) is 42.3 Å². The number of rotatable bonds is 5. The van der Waals surface area contributed by atoms with Gasteiger partial charge in [-0.25, -0.2) is 0 Å². The summed E-state index contributed by atoms with van der Waals surface area (Å²) in [6, 6.07) is 16.2. The third kappa shape index (κ3) is 4.51. The zero-order valence-electron chi connectivity index (χ0n) is 17.9. The van der Waals surface area contributed by atoms with Crippen molar-refractivity contribution in [3.8, 4) is 0 Å². The molecular weight excluding hydrogens is 410 g/mol. The van der Waals surface area contributed by atoms with Crippen LogP contribution in [0.15, 0.2) is 63.9 Å². The van der Waals surface area contributed by atoms with E-state index in [1.54, 1.807) is 12.1 Å². The van der Waals surface area contributed by atoms with Crippen molar-refractivity contribution in [1.29, 1.82) is 0 Å². The summed E-state index contributed by atoms with van der Waals surface area (Å²) in [4.78, 5) is 15.2. The largest absolute Gasteiger partial charge is 0.362 e. The zero-order valence-corrected chi connectivity index (χ0v) is 18.7. The summed E-state index contributed by atoms with van der Waals surface area (Å²) in [6.07, 6.45) is 6.31. The first-order chi connectivity index (χ1) is 14.9. The van der Waals surface area contributed by atoms with Crippen LogP contribution in [0.1, 0.15) is 50.5 Å². The van der Waals surface area contributed by atoms with Gasteiger partial charge in [-0.05, 0) is 49.4 Å². The minimum atomic E-state index is -3.85. The number of nitrogens with zero attached hydrogens (tertiary/aromatic N) is 2. The summed E-state index contributed by atoms with van der Waals surface area (Å²) < 4.78 is 30.0. The second kappa shape index (κ2) is 8.83. The van der Waals surface area contributed by atoms with Gasteiger partial charge in [0, 0.05) is 25.7 Å². The number of sulfonamides is 1. The van der Waals surface area contributed by atoms with Crippen LogP contribution >= 0.6 is 0 Å². The number of carbonyl (C=O) groups is 1. The lowest BCUT2D eigenvalue weighted by molar-refractivity contribution is -0.124. The Morgan fingerprint density at radius 2 is 1.77 bits per heavy atom. The van der Waals surface area contributed by atoms with E-state index < -0.39 is 15.4 Å². The summed E-state index contributed by atoms with van der Waals surface area (Å²) in [5.74, 6) is 0.513. The summed E-state index contributed by atoms with van der Waals surface area (Å²) in [7, 11) is -1.96. The van der Waals surface area contributed by atoms with Crippen molar-refractivity contribution in [2.75, 3.05) is 18.9 Å². The summed E-state index contributed by atoms with van der Waals surface area (Å²) in [5, 5.41) is 2.96. The van der Waals surface area contributed by atoms with Gasteiger partial charge in [0.1, 0.15) is 5.84 Å². The van der Waals surface area contributed by atoms with Gasteiger partial charge in [-0.15, -0.1) is 4.40 Å². The molecule has 1 N–H and O–H groups in total. The van der Waals surface area contributed by atoms with Gasteiger partial charge in [0.05, 0.1) is 10.3 Å². The first-order valence-corrected chi connectivity index (χ1v) is 12.4. The Balaban J connectivity index is 1.56. The van der Waals surface area contributed by atoms with Crippen LogP contribution in [-0.4, -0.2) is 38.7 Å². The van der Waals surface area contributed by atoms with Gasteiger partial charge in [0.15, 0.2) is 0 Å². The molecule has 2 aliphatic rings. The minimum absolute atomic E-state index is 0.0886. The first-order valence-electron chi connectivity index (χ1n) is 10.9. The Kier molecular flexibility index (Phi) is 6.14. The second-order valence-corrected chi connectivity index (χ2v) is 10.1. The number of anilines is 1. The highest BCUT2D eigenvalue weighted by molar-refractivity contribution is 7.90. The second-order valence-electron chi connectivity index (χ2n) is 8.50. The summed E-state index contributed by atoms with van der Waals surface area (Å²) in [6.45, 7) is 0.812. The van der Waals surface area contributed by atoms with E-state index in [9.17, 15) is 13.2 Å². The number of nitrogens with one attached hydrogen (secondary N) is 1. The van der Waals surface area contributed by atoms with E-state index in [2.05, 4.69) is 9.71 Å². The molecule has 4 rings (SSSR count). The molecule has 7 heteroatoms. The number of hydrogen-bond donors (Lipinski definition) is 1. The lowest BCUT2D eigenvalue weighted by Crippen LogP contribution is -2.45. The molecule has 1 aliphatic heterocycles. The number of likely N-dealkylation sites (tertiary alicyclic amines) is 1. The van der Waals surface area contributed by atoms with Crippen LogP contribution in [0.3, 0.4) is 0 Å². The van der Waals surface area contributed by atoms with Crippen LogP contribution in [0.2, 0.25) is 0 Å². The average Bonchev–Trinajstić information content (AvgIpc) is 2.92. The van der Waals surface area contributed by atoms with E-state index >= 15 is 0 Å². The van der Waals surface area contributed by atoms with Crippen LogP contribution in [0, 0.1) is 0 Å². The van der Waals surface area contributed by atoms with E-state index in [-0.39, 0.29) is 10.8 Å². The Morgan fingerprint density at radius 1 is 1.00 bits per heavy atom. The Labute approximate surface area is 184 Å². The highest BCUT2D eigenvalue weighted by atomic mass is 32.2. The van der Waals surface area contributed by atoms with Crippen molar-refractivity contribution in [2.24, 2.45) is 4.40 Å². The Bertz CT molecular complexity index is 1080. The maximum atomic E-state index is 13.2. The number of amides is 1. The lowest BCUT2D eigenvalue weighted by Gasteiger charge is -2.40. The van der Waals surface area contributed by atoms with Crippen molar-refractivity contribution in [3.63, 3.8) is 0 Å². The van der Waals surface area contributed by atoms with Gasteiger partial charge in [-0.2, -0.15) is 8.42 Å². The number of benzene rings is 2. The number of carbonyl (C=O) groups excluding carboxylic acids is 1. The molecule has 0 atom stereocenters. The molecule has 0 bridgehead atoms. The molecule has 1 amide bonds. The molecule has 2 aromatic carbocycles. The zero-order chi connectivity index (χ0) is 21.9. The van der Waals surface area contributed by atoms with Crippen molar-refractivity contribution in [1.82, 2.24) is 4.90 Å². The molecule has 2 aromatic rings. The molecule has 6 nitrogen and oxygen atoms in total. The van der Waals surface area contributed by atoms with Gasteiger partial charge in [-0.1, -0.05) is 49.2 Å². The summed E-state index contributed by atoms with van der Waals surface area (Å²) in [5.41, 5.74) is 0.937. The molecule has 0 unspecified atom stereocenters. The van der Waals surface area contributed by atoms with Crippen LogP contribution < -0.4 is 5.32 Å². The van der Waals surface area contributed by atoms with E-state index in [0.29, 0.717) is 17.9 Å². The molecule has 31 heavy (non-hydrogen) atoms. The van der Waals surface area contributed by atoms with Crippen LogP contribution in [-0.2, 0) is 20.2 Å². The van der Waals surface area contributed by atoms with Gasteiger partial charge in [0.25, 0.3) is 10.0 Å². The predicted octanol–water partition coefficient (Wildman–Crippen LogP) is 4.34. The molecule has 0 aromatic heterocycles. The van der Waals surface area contributed by atoms with Crippen LogP contribution in [0.4, 0.5) is 5.69 Å². The van der Waals surface area contributed by atoms with Crippen molar-refractivity contribution >= 4 is 27.5 Å². The third-order valence-electron chi connectivity index (χ3n) is 6.42. The topological polar surface area (TPSA) is 78.8 Å². The van der Waals surface area contributed by atoms with Crippen molar-refractivity contribution in [3.05, 3.63) is 60.2 Å². The van der Waals surface area contributed by atoms with E-state index in [0.717, 1.165) is 50.6 Å². The smallest absolute Gasteiger partial charge is 0.284 e. The molecular formula is C24H29N3O3S. The fourth-order valence-electron chi connectivity index (χ4n) is 4.35. The minimum Gasteiger partial charge on any atom is -0.362 e. The Hall–Kier alpha value is -2.67. The maximum absolute atomic E-state index is 13.2. The highest BCUT2D eigenvalue weighted by Crippen LogP contribution is 2.44. The van der Waals surface area contributed by atoms with Crippen molar-refractivity contribution < 1.29 is 13.2 Å². The quantitative estimate of drug-likeness (QED) is 0.752. The average molecular weight is 440 g/mol. The van der Waals surface area contributed by atoms with E-state index in [4.69, 9.17) is 0 Å².